The number of hydrogen-bond acceptors (Lipinski definition) is 7. The van der Waals surface area contributed by atoms with Crippen molar-refractivity contribution in [3.63, 3.8) is 0 Å². The minimum absolute atomic E-state index is 0.0300. The van der Waals surface area contributed by atoms with Gasteiger partial charge in [0, 0.05) is 19.2 Å². The highest BCUT2D eigenvalue weighted by atomic mass is 16.6. The monoisotopic (exact) mass is 387 g/mol. The van der Waals surface area contributed by atoms with Crippen LogP contribution in [-0.2, 0) is 20.9 Å². The summed E-state index contributed by atoms with van der Waals surface area (Å²) in [6, 6.07) is 13.3. The summed E-state index contributed by atoms with van der Waals surface area (Å²) in [7, 11) is 1.57. The van der Waals surface area contributed by atoms with Crippen LogP contribution in [0, 0.1) is 10.1 Å². The number of amides is 1. The molecule has 0 fully saturated rings. The number of nitro groups is 1. The number of ether oxygens (including phenoxy) is 2. The Kier molecular flexibility index (Phi) is 7.77. The van der Waals surface area contributed by atoms with E-state index in [1.807, 2.05) is 12.1 Å². The van der Waals surface area contributed by atoms with Crippen molar-refractivity contribution in [2.24, 2.45) is 0 Å². The number of esters is 1. The first-order chi connectivity index (χ1) is 13.5. The number of methoxy groups -OCH3 is 1. The lowest BCUT2D eigenvalue weighted by atomic mass is 10.2. The molecule has 0 spiro atoms. The van der Waals surface area contributed by atoms with Gasteiger partial charge in [-0.1, -0.05) is 24.3 Å². The number of carbonyl (C=O) groups is 2. The van der Waals surface area contributed by atoms with Crippen molar-refractivity contribution in [3.05, 3.63) is 64.2 Å². The molecule has 28 heavy (non-hydrogen) atoms. The molecule has 9 heteroatoms. The molecule has 2 aromatic carbocycles. The molecule has 0 atom stereocenters. The molecule has 0 radical (unpaired) electrons. The lowest BCUT2D eigenvalue weighted by Crippen LogP contribution is -2.28. The number of hydrogen-bond donors (Lipinski definition) is 2. The van der Waals surface area contributed by atoms with Crippen LogP contribution in [0.3, 0.4) is 0 Å². The molecule has 0 saturated heterocycles. The highest BCUT2D eigenvalue weighted by molar-refractivity contribution is 5.80. The minimum atomic E-state index is -0.578. The van der Waals surface area contributed by atoms with E-state index < -0.39 is 16.8 Å². The van der Waals surface area contributed by atoms with Gasteiger partial charge >= 0.3 is 5.97 Å². The fraction of sp³-hybridized carbons (Fsp3) is 0.263. The molecular formula is C19H21N3O6. The third-order valence-corrected chi connectivity index (χ3v) is 3.76. The van der Waals surface area contributed by atoms with Crippen LogP contribution >= 0.6 is 0 Å². The second-order valence-corrected chi connectivity index (χ2v) is 5.74. The van der Waals surface area contributed by atoms with Gasteiger partial charge in [-0.2, -0.15) is 0 Å². The maximum absolute atomic E-state index is 11.8. The number of rotatable bonds is 10. The van der Waals surface area contributed by atoms with E-state index >= 15 is 0 Å². The highest BCUT2D eigenvalue weighted by Crippen LogP contribution is 2.22. The van der Waals surface area contributed by atoms with E-state index in [4.69, 9.17) is 9.47 Å². The molecule has 0 unspecified atom stereocenters. The molecule has 2 N–H and O–H groups in total. The van der Waals surface area contributed by atoms with E-state index in [1.165, 1.54) is 6.07 Å². The maximum atomic E-state index is 11.8. The number of nitrogens with zero attached hydrogens (tertiary/aromatic N) is 1. The molecule has 0 aromatic heterocycles. The first-order valence-electron chi connectivity index (χ1n) is 8.52. The van der Waals surface area contributed by atoms with Crippen LogP contribution in [0.15, 0.2) is 48.5 Å². The van der Waals surface area contributed by atoms with E-state index in [0.717, 1.165) is 11.3 Å². The molecule has 2 rings (SSSR count). The smallest absolute Gasteiger partial charge is 0.308 e. The quantitative estimate of drug-likeness (QED) is 0.364. The summed E-state index contributed by atoms with van der Waals surface area (Å²) in [6.07, 6.45) is -0.0300. The Bertz CT molecular complexity index is 823. The van der Waals surface area contributed by atoms with Gasteiger partial charge in [0.05, 0.1) is 18.5 Å². The Morgan fingerprint density at radius 2 is 1.82 bits per heavy atom. The van der Waals surface area contributed by atoms with Crippen molar-refractivity contribution in [3.8, 4) is 5.75 Å². The van der Waals surface area contributed by atoms with Crippen molar-refractivity contribution >= 4 is 23.3 Å². The second-order valence-electron chi connectivity index (χ2n) is 5.74. The Labute approximate surface area is 161 Å². The molecule has 0 aliphatic carbocycles. The molecule has 0 bridgehead atoms. The number of nitro benzene ring substituents is 1. The fourth-order valence-corrected chi connectivity index (χ4v) is 2.29. The van der Waals surface area contributed by atoms with Gasteiger partial charge in [0.15, 0.2) is 6.61 Å². The van der Waals surface area contributed by atoms with E-state index in [1.54, 1.807) is 37.4 Å². The Hall–Kier alpha value is -3.62. The van der Waals surface area contributed by atoms with Gasteiger partial charge in [-0.25, -0.2) is 0 Å². The normalized spacial score (nSPS) is 10.0. The van der Waals surface area contributed by atoms with E-state index in [-0.39, 0.29) is 25.3 Å². The topological polar surface area (TPSA) is 120 Å². The fourth-order valence-electron chi connectivity index (χ4n) is 2.29. The Balaban J connectivity index is 1.66. The lowest BCUT2D eigenvalue weighted by Gasteiger charge is -2.08. The van der Waals surface area contributed by atoms with Gasteiger partial charge in [-0.15, -0.1) is 0 Å². The van der Waals surface area contributed by atoms with Gasteiger partial charge < -0.3 is 20.1 Å². The SMILES string of the molecule is COc1ccc(CNC(=O)COC(=O)CCNc2ccccc2[N+](=O)[O-])cc1. The predicted molar refractivity (Wildman–Crippen MR) is 102 cm³/mol. The van der Waals surface area contributed by atoms with Crippen molar-refractivity contribution in [1.29, 1.82) is 0 Å². The summed E-state index contributed by atoms with van der Waals surface area (Å²) in [5.74, 6) is -0.278. The summed E-state index contributed by atoms with van der Waals surface area (Å²) in [4.78, 5) is 33.9. The summed E-state index contributed by atoms with van der Waals surface area (Å²) in [5, 5.41) is 16.4. The minimum Gasteiger partial charge on any atom is -0.497 e. The first kappa shape index (κ1) is 20.7. The average molecular weight is 387 g/mol. The molecule has 0 heterocycles. The van der Waals surface area contributed by atoms with Crippen molar-refractivity contribution in [2.75, 3.05) is 25.6 Å². The number of benzene rings is 2. The summed E-state index contributed by atoms with van der Waals surface area (Å²) < 4.78 is 9.95. The molecule has 1 amide bonds. The zero-order chi connectivity index (χ0) is 20.4. The zero-order valence-electron chi connectivity index (χ0n) is 15.3. The molecule has 9 nitrogen and oxygen atoms in total. The van der Waals surface area contributed by atoms with Crippen molar-refractivity contribution in [1.82, 2.24) is 5.32 Å². The van der Waals surface area contributed by atoms with Crippen LogP contribution < -0.4 is 15.4 Å². The number of nitrogens with one attached hydrogen (secondary N) is 2. The highest BCUT2D eigenvalue weighted by Gasteiger charge is 2.13. The van der Waals surface area contributed by atoms with Crippen LogP contribution in [0.25, 0.3) is 0 Å². The maximum Gasteiger partial charge on any atom is 0.308 e. The number of anilines is 1. The standard InChI is InChI=1S/C19H21N3O6/c1-27-15-8-6-14(7-9-15)12-21-18(23)13-28-19(24)10-11-20-16-4-2-3-5-17(16)22(25)26/h2-9,20H,10-13H2,1H3,(H,21,23). The molecule has 0 aliphatic rings. The van der Waals surface area contributed by atoms with Crippen LogP contribution in [0.5, 0.6) is 5.75 Å². The molecular weight excluding hydrogens is 366 g/mol. The van der Waals surface area contributed by atoms with Crippen LogP contribution in [0.2, 0.25) is 0 Å². The van der Waals surface area contributed by atoms with Gasteiger partial charge in [-0.3, -0.25) is 19.7 Å². The first-order valence-corrected chi connectivity index (χ1v) is 8.52. The summed E-state index contributed by atoms with van der Waals surface area (Å²) >= 11 is 0. The van der Waals surface area contributed by atoms with Gasteiger partial charge in [0.25, 0.3) is 11.6 Å². The Morgan fingerprint density at radius 1 is 1.11 bits per heavy atom. The largest absolute Gasteiger partial charge is 0.497 e. The average Bonchev–Trinajstić information content (AvgIpc) is 2.71. The lowest BCUT2D eigenvalue weighted by molar-refractivity contribution is -0.384. The number of carbonyl (C=O) groups excluding carboxylic acids is 2. The third-order valence-electron chi connectivity index (χ3n) is 3.76. The van der Waals surface area contributed by atoms with Gasteiger partial charge in [0.2, 0.25) is 0 Å². The van der Waals surface area contributed by atoms with Crippen molar-refractivity contribution < 1.29 is 24.0 Å². The van der Waals surface area contributed by atoms with Gasteiger partial charge in [-0.05, 0) is 23.8 Å². The predicted octanol–water partition coefficient (Wildman–Crippen LogP) is 2.26. The zero-order valence-corrected chi connectivity index (χ0v) is 15.3. The van der Waals surface area contributed by atoms with E-state index in [2.05, 4.69) is 10.6 Å². The van der Waals surface area contributed by atoms with E-state index in [0.29, 0.717) is 12.2 Å². The Morgan fingerprint density at radius 3 is 2.50 bits per heavy atom. The van der Waals surface area contributed by atoms with Crippen LogP contribution in [0.1, 0.15) is 12.0 Å². The van der Waals surface area contributed by atoms with Crippen LogP contribution in [0.4, 0.5) is 11.4 Å². The van der Waals surface area contributed by atoms with Crippen molar-refractivity contribution in [2.45, 2.75) is 13.0 Å². The van der Waals surface area contributed by atoms with Gasteiger partial charge in [0.1, 0.15) is 11.4 Å². The number of para-hydroxylation sites is 2. The molecule has 148 valence electrons. The third kappa shape index (κ3) is 6.60. The molecule has 0 aliphatic heterocycles. The molecule has 0 saturated carbocycles. The summed E-state index contributed by atoms with van der Waals surface area (Å²) in [6.45, 7) is 0.0667. The van der Waals surface area contributed by atoms with E-state index in [9.17, 15) is 19.7 Å². The second kappa shape index (κ2) is 10.5. The molecule has 2 aromatic rings. The summed E-state index contributed by atoms with van der Waals surface area (Å²) in [5.41, 5.74) is 1.13. The van der Waals surface area contributed by atoms with Crippen LogP contribution in [-0.4, -0.2) is 37.1 Å².